The van der Waals surface area contributed by atoms with Crippen molar-refractivity contribution in [3.05, 3.63) is 36.0 Å². The standard InChI is InChI=1S/C20H27N5O2/c26-19(17-10-14-4-1-2-5-16(14)22-17)24-8-9-25-15(12-24)11-18(23-25)21-13-20(27)6-3-7-20/h1-2,4-5,10,15,18,21-23,27H,3,6-9,11-13H2. The Balaban J connectivity index is 1.21. The van der Waals surface area contributed by atoms with E-state index < -0.39 is 5.60 Å². The number of rotatable bonds is 4. The first kappa shape index (κ1) is 17.2. The van der Waals surface area contributed by atoms with Gasteiger partial charge in [-0.25, -0.2) is 10.4 Å². The predicted octanol–water partition coefficient (Wildman–Crippen LogP) is 1.03. The Labute approximate surface area is 158 Å². The molecule has 2 saturated heterocycles. The summed E-state index contributed by atoms with van der Waals surface area (Å²) >= 11 is 0. The molecule has 0 bridgehead atoms. The van der Waals surface area contributed by atoms with Crippen LogP contribution in [0.15, 0.2) is 30.3 Å². The zero-order valence-corrected chi connectivity index (χ0v) is 15.4. The smallest absolute Gasteiger partial charge is 0.270 e. The molecule has 4 N–H and O–H groups in total. The minimum absolute atomic E-state index is 0.0750. The lowest BCUT2D eigenvalue weighted by Crippen LogP contribution is -2.56. The molecule has 2 aliphatic heterocycles. The van der Waals surface area contributed by atoms with Crippen LogP contribution in [0.3, 0.4) is 0 Å². The zero-order chi connectivity index (χ0) is 18.4. The van der Waals surface area contributed by atoms with Crippen molar-refractivity contribution in [2.75, 3.05) is 26.2 Å². The number of nitrogens with zero attached hydrogens (tertiary/aromatic N) is 2. The number of para-hydroxylation sites is 1. The molecule has 2 unspecified atom stereocenters. The zero-order valence-electron chi connectivity index (χ0n) is 15.4. The number of carbonyl (C=O) groups is 1. The summed E-state index contributed by atoms with van der Waals surface area (Å²) in [5.41, 5.74) is 4.65. The van der Waals surface area contributed by atoms with E-state index in [9.17, 15) is 9.90 Å². The molecule has 7 heteroatoms. The second-order valence-electron chi connectivity index (χ2n) is 8.24. The highest BCUT2D eigenvalue weighted by Crippen LogP contribution is 2.31. The van der Waals surface area contributed by atoms with Gasteiger partial charge in [-0.2, -0.15) is 0 Å². The number of aromatic nitrogens is 1. The maximum absolute atomic E-state index is 13.0. The summed E-state index contributed by atoms with van der Waals surface area (Å²) in [6.07, 6.45) is 4.02. The average Bonchev–Trinajstić information content (AvgIpc) is 3.27. The van der Waals surface area contributed by atoms with E-state index in [1.165, 1.54) is 0 Å². The van der Waals surface area contributed by atoms with Gasteiger partial charge in [-0.05, 0) is 37.8 Å². The highest BCUT2D eigenvalue weighted by Gasteiger charge is 2.40. The van der Waals surface area contributed by atoms with E-state index in [0.29, 0.717) is 24.8 Å². The number of carbonyl (C=O) groups excluding carboxylic acids is 1. The van der Waals surface area contributed by atoms with Gasteiger partial charge in [0.1, 0.15) is 5.69 Å². The van der Waals surface area contributed by atoms with Crippen LogP contribution >= 0.6 is 0 Å². The highest BCUT2D eigenvalue weighted by molar-refractivity contribution is 5.98. The molecular formula is C20H27N5O2. The molecule has 1 aromatic carbocycles. The molecule has 0 spiro atoms. The van der Waals surface area contributed by atoms with E-state index in [0.717, 1.165) is 49.7 Å². The third-order valence-electron chi connectivity index (χ3n) is 6.32. The first-order valence-corrected chi connectivity index (χ1v) is 9.95. The number of nitrogens with one attached hydrogen (secondary N) is 3. The van der Waals surface area contributed by atoms with E-state index in [1.54, 1.807) is 0 Å². The van der Waals surface area contributed by atoms with Gasteiger partial charge in [0.15, 0.2) is 0 Å². The van der Waals surface area contributed by atoms with E-state index in [4.69, 9.17) is 0 Å². The Morgan fingerprint density at radius 3 is 2.93 bits per heavy atom. The fourth-order valence-electron chi connectivity index (χ4n) is 4.50. The van der Waals surface area contributed by atoms with E-state index in [2.05, 4.69) is 20.7 Å². The first-order chi connectivity index (χ1) is 13.1. The molecule has 3 heterocycles. The van der Waals surface area contributed by atoms with Gasteiger partial charge in [-0.15, -0.1) is 0 Å². The van der Waals surface area contributed by atoms with Gasteiger partial charge in [0.25, 0.3) is 5.91 Å². The minimum atomic E-state index is -0.512. The lowest BCUT2D eigenvalue weighted by atomic mass is 9.80. The Morgan fingerprint density at radius 2 is 2.15 bits per heavy atom. The van der Waals surface area contributed by atoms with Gasteiger partial charge in [-0.3, -0.25) is 10.1 Å². The molecule has 2 aromatic rings. The van der Waals surface area contributed by atoms with E-state index in [1.807, 2.05) is 35.2 Å². The Bertz CT molecular complexity index is 813. The number of hydrazine groups is 1. The summed E-state index contributed by atoms with van der Waals surface area (Å²) in [6.45, 7) is 2.90. The molecule has 3 aliphatic rings. The lowest BCUT2D eigenvalue weighted by Gasteiger charge is -2.37. The summed E-state index contributed by atoms with van der Waals surface area (Å²) in [6, 6.07) is 10.2. The minimum Gasteiger partial charge on any atom is -0.389 e. The lowest BCUT2D eigenvalue weighted by molar-refractivity contribution is -0.0343. The number of amides is 1. The second-order valence-corrected chi connectivity index (χ2v) is 8.24. The van der Waals surface area contributed by atoms with Crippen molar-refractivity contribution in [2.45, 2.75) is 43.5 Å². The van der Waals surface area contributed by atoms with Crippen molar-refractivity contribution in [1.82, 2.24) is 25.6 Å². The summed E-state index contributed by atoms with van der Waals surface area (Å²) in [7, 11) is 0. The van der Waals surface area contributed by atoms with Crippen molar-refractivity contribution >= 4 is 16.8 Å². The number of hydrogen-bond donors (Lipinski definition) is 4. The van der Waals surface area contributed by atoms with Crippen LogP contribution in [0.4, 0.5) is 0 Å². The number of hydrogen-bond acceptors (Lipinski definition) is 5. The van der Waals surface area contributed by atoms with Crippen molar-refractivity contribution < 1.29 is 9.90 Å². The summed E-state index contributed by atoms with van der Waals surface area (Å²) in [4.78, 5) is 18.2. The SMILES string of the molecule is O=C(c1cc2ccccc2[nH]1)N1CCN2NC(NCC3(O)CCC3)CC2C1. The Kier molecular flexibility index (Phi) is 4.20. The molecule has 144 valence electrons. The van der Waals surface area contributed by atoms with Crippen molar-refractivity contribution in [1.29, 1.82) is 0 Å². The van der Waals surface area contributed by atoms with E-state index >= 15 is 0 Å². The number of aromatic amines is 1. The summed E-state index contributed by atoms with van der Waals surface area (Å²) < 4.78 is 0. The first-order valence-electron chi connectivity index (χ1n) is 9.95. The van der Waals surface area contributed by atoms with Gasteiger partial charge < -0.3 is 15.0 Å². The molecule has 1 saturated carbocycles. The molecule has 7 nitrogen and oxygen atoms in total. The molecule has 1 aliphatic carbocycles. The predicted molar refractivity (Wildman–Crippen MR) is 103 cm³/mol. The molecule has 0 radical (unpaired) electrons. The van der Waals surface area contributed by atoms with Crippen molar-refractivity contribution in [3.63, 3.8) is 0 Å². The normalized spacial score (nSPS) is 27.5. The number of fused-ring (bicyclic) bond motifs is 2. The molecule has 3 fully saturated rings. The van der Waals surface area contributed by atoms with Crippen LogP contribution in [0, 0.1) is 0 Å². The third-order valence-corrected chi connectivity index (χ3v) is 6.32. The molecule has 5 rings (SSSR count). The van der Waals surface area contributed by atoms with Gasteiger partial charge in [0.2, 0.25) is 0 Å². The molecule has 27 heavy (non-hydrogen) atoms. The van der Waals surface area contributed by atoms with Crippen LogP contribution in [-0.4, -0.2) is 69.9 Å². The van der Waals surface area contributed by atoms with Crippen LogP contribution in [0.5, 0.6) is 0 Å². The molecule has 1 amide bonds. The number of benzene rings is 1. The van der Waals surface area contributed by atoms with Crippen LogP contribution in [0.1, 0.15) is 36.2 Å². The Hall–Kier alpha value is -1.93. The van der Waals surface area contributed by atoms with Crippen LogP contribution in [0.2, 0.25) is 0 Å². The molecule has 1 aromatic heterocycles. The van der Waals surface area contributed by atoms with Crippen molar-refractivity contribution in [3.8, 4) is 0 Å². The Morgan fingerprint density at radius 1 is 1.30 bits per heavy atom. The second kappa shape index (κ2) is 6.60. The van der Waals surface area contributed by atoms with Gasteiger partial charge in [0.05, 0.1) is 11.8 Å². The van der Waals surface area contributed by atoms with Crippen LogP contribution in [0.25, 0.3) is 10.9 Å². The molecule has 2 atom stereocenters. The fourth-order valence-corrected chi connectivity index (χ4v) is 4.50. The average molecular weight is 369 g/mol. The van der Waals surface area contributed by atoms with Crippen LogP contribution in [-0.2, 0) is 0 Å². The van der Waals surface area contributed by atoms with Gasteiger partial charge in [0, 0.05) is 43.1 Å². The molecular weight excluding hydrogens is 342 g/mol. The summed E-state index contributed by atoms with van der Waals surface area (Å²) in [5, 5.41) is 17.0. The van der Waals surface area contributed by atoms with Gasteiger partial charge >= 0.3 is 0 Å². The van der Waals surface area contributed by atoms with E-state index in [-0.39, 0.29) is 12.1 Å². The third kappa shape index (κ3) is 3.25. The maximum atomic E-state index is 13.0. The number of piperazine rings is 1. The van der Waals surface area contributed by atoms with Gasteiger partial charge in [-0.1, -0.05) is 18.2 Å². The quantitative estimate of drug-likeness (QED) is 0.647. The van der Waals surface area contributed by atoms with Crippen molar-refractivity contribution in [2.24, 2.45) is 0 Å². The topological polar surface area (TPSA) is 83.6 Å². The number of aliphatic hydroxyl groups is 1. The number of H-pyrrole nitrogens is 1. The maximum Gasteiger partial charge on any atom is 0.270 e. The van der Waals surface area contributed by atoms with Crippen LogP contribution < -0.4 is 10.7 Å². The fraction of sp³-hybridized carbons (Fsp3) is 0.550. The summed E-state index contributed by atoms with van der Waals surface area (Å²) in [5.74, 6) is 0.0750. The largest absolute Gasteiger partial charge is 0.389 e. The monoisotopic (exact) mass is 369 g/mol. The highest BCUT2D eigenvalue weighted by atomic mass is 16.3.